The predicted octanol–water partition coefficient (Wildman–Crippen LogP) is 2.46. The van der Waals surface area contributed by atoms with Crippen LogP contribution in [0.3, 0.4) is 0 Å². The first-order chi connectivity index (χ1) is 13.0. The van der Waals surface area contributed by atoms with Crippen molar-refractivity contribution in [1.82, 2.24) is 9.97 Å². The highest BCUT2D eigenvalue weighted by Gasteiger charge is 2.11. The Labute approximate surface area is 158 Å². The van der Waals surface area contributed by atoms with Gasteiger partial charge in [0.15, 0.2) is 11.6 Å². The van der Waals surface area contributed by atoms with Crippen molar-refractivity contribution in [2.45, 2.75) is 39.0 Å². The Bertz CT molecular complexity index is 767. The van der Waals surface area contributed by atoms with Crippen LogP contribution in [0.2, 0.25) is 0 Å². The van der Waals surface area contributed by atoms with E-state index in [1.54, 1.807) is 0 Å². The number of hydrogen-bond acceptors (Lipinski definition) is 7. The number of carbonyl (C=O) groups is 1. The number of carboxylic acids is 1. The van der Waals surface area contributed by atoms with E-state index in [9.17, 15) is 4.79 Å². The van der Waals surface area contributed by atoms with Gasteiger partial charge in [0.05, 0.1) is 18.9 Å². The number of nitrogens with two attached hydrogens (primary N) is 2. The monoisotopic (exact) mass is 374 g/mol. The van der Waals surface area contributed by atoms with Gasteiger partial charge in [-0.15, -0.1) is 0 Å². The summed E-state index contributed by atoms with van der Waals surface area (Å²) in [6, 6.07) is 7.65. The van der Waals surface area contributed by atoms with Crippen molar-refractivity contribution in [2.24, 2.45) is 0 Å². The predicted molar refractivity (Wildman–Crippen MR) is 103 cm³/mol. The standard InChI is InChI=1S/C19H26N4O4/c1-2-14-17(18(20)23-19(21)22-14)27-12-6-11-26-15-9-4-3-7-13(15)8-5-10-16(24)25/h3-4,7,9H,2,5-6,8,10-12H2,1H3,(H,24,25)(H4,20,21,22,23). The Morgan fingerprint density at radius 2 is 1.85 bits per heavy atom. The van der Waals surface area contributed by atoms with Crippen LogP contribution in [0, 0.1) is 0 Å². The molecule has 0 saturated carbocycles. The smallest absolute Gasteiger partial charge is 0.303 e. The third-order valence-electron chi connectivity index (χ3n) is 3.92. The zero-order valence-corrected chi connectivity index (χ0v) is 15.5. The van der Waals surface area contributed by atoms with Crippen molar-refractivity contribution in [1.29, 1.82) is 0 Å². The van der Waals surface area contributed by atoms with Crippen LogP contribution in [0.4, 0.5) is 11.8 Å². The molecule has 0 saturated heterocycles. The Balaban J connectivity index is 1.82. The van der Waals surface area contributed by atoms with Gasteiger partial charge in [0.2, 0.25) is 5.95 Å². The minimum Gasteiger partial charge on any atom is -0.493 e. The molecule has 5 N–H and O–H groups in total. The fraction of sp³-hybridized carbons (Fsp3) is 0.421. The summed E-state index contributed by atoms with van der Waals surface area (Å²) in [5, 5.41) is 8.76. The maximum Gasteiger partial charge on any atom is 0.303 e. The van der Waals surface area contributed by atoms with E-state index in [2.05, 4.69) is 9.97 Å². The summed E-state index contributed by atoms with van der Waals surface area (Å²) in [6.45, 7) is 2.82. The number of aromatic nitrogens is 2. The molecule has 1 aromatic carbocycles. The molecule has 8 heteroatoms. The lowest BCUT2D eigenvalue weighted by molar-refractivity contribution is -0.137. The molecule has 0 atom stereocenters. The van der Waals surface area contributed by atoms with Crippen LogP contribution >= 0.6 is 0 Å². The molecular weight excluding hydrogens is 348 g/mol. The normalized spacial score (nSPS) is 10.6. The maximum absolute atomic E-state index is 10.7. The fourth-order valence-electron chi connectivity index (χ4n) is 2.63. The van der Waals surface area contributed by atoms with Gasteiger partial charge in [-0.25, -0.2) is 4.98 Å². The summed E-state index contributed by atoms with van der Waals surface area (Å²) in [4.78, 5) is 18.7. The van der Waals surface area contributed by atoms with Crippen LogP contribution in [0.15, 0.2) is 24.3 Å². The number of aliphatic carboxylic acids is 1. The first-order valence-electron chi connectivity index (χ1n) is 8.98. The SMILES string of the molecule is CCc1nc(N)nc(N)c1OCCCOc1ccccc1CCCC(=O)O. The van der Waals surface area contributed by atoms with Crippen LogP contribution in [-0.2, 0) is 17.6 Å². The number of carboxylic acid groups (broad SMARTS) is 1. The van der Waals surface area contributed by atoms with Gasteiger partial charge < -0.3 is 26.0 Å². The minimum absolute atomic E-state index is 0.138. The number of ether oxygens (including phenoxy) is 2. The number of benzene rings is 1. The van der Waals surface area contributed by atoms with Crippen molar-refractivity contribution in [2.75, 3.05) is 24.7 Å². The molecule has 0 amide bonds. The number of nitrogen functional groups attached to an aromatic ring is 2. The number of anilines is 2. The van der Waals surface area contributed by atoms with E-state index in [1.807, 2.05) is 31.2 Å². The Morgan fingerprint density at radius 3 is 2.59 bits per heavy atom. The molecule has 146 valence electrons. The molecule has 0 aliphatic heterocycles. The molecule has 2 aromatic rings. The second kappa shape index (κ2) is 10.2. The molecule has 0 spiro atoms. The highest BCUT2D eigenvalue weighted by atomic mass is 16.5. The lowest BCUT2D eigenvalue weighted by Gasteiger charge is -2.13. The molecule has 0 fully saturated rings. The molecule has 27 heavy (non-hydrogen) atoms. The van der Waals surface area contributed by atoms with E-state index in [-0.39, 0.29) is 18.2 Å². The van der Waals surface area contributed by atoms with Crippen LogP contribution in [0.5, 0.6) is 11.5 Å². The van der Waals surface area contributed by atoms with Crippen molar-refractivity contribution in [3.05, 3.63) is 35.5 Å². The molecular formula is C19H26N4O4. The average molecular weight is 374 g/mol. The molecule has 1 aromatic heterocycles. The van der Waals surface area contributed by atoms with E-state index < -0.39 is 5.97 Å². The van der Waals surface area contributed by atoms with Gasteiger partial charge in [0.1, 0.15) is 5.75 Å². The molecule has 0 aliphatic carbocycles. The number of aryl methyl sites for hydroxylation is 2. The highest BCUT2D eigenvalue weighted by Crippen LogP contribution is 2.25. The van der Waals surface area contributed by atoms with Gasteiger partial charge in [-0.05, 0) is 30.9 Å². The lowest BCUT2D eigenvalue weighted by atomic mass is 10.1. The summed E-state index contributed by atoms with van der Waals surface area (Å²) < 4.78 is 11.6. The second-order valence-electron chi connectivity index (χ2n) is 6.00. The summed E-state index contributed by atoms with van der Waals surface area (Å²) >= 11 is 0. The average Bonchev–Trinajstić information content (AvgIpc) is 2.63. The zero-order chi connectivity index (χ0) is 19.6. The van der Waals surface area contributed by atoms with Gasteiger partial charge in [0.25, 0.3) is 0 Å². The Kier molecular flexibility index (Phi) is 7.66. The van der Waals surface area contributed by atoms with E-state index in [0.717, 1.165) is 11.3 Å². The molecule has 8 nitrogen and oxygen atoms in total. The molecule has 2 rings (SSSR count). The van der Waals surface area contributed by atoms with Gasteiger partial charge in [-0.3, -0.25) is 4.79 Å². The third kappa shape index (κ3) is 6.32. The molecule has 0 bridgehead atoms. The third-order valence-corrected chi connectivity index (χ3v) is 3.92. The zero-order valence-electron chi connectivity index (χ0n) is 15.5. The molecule has 0 radical (unpaired) electrons. The van der Waals surface area contributed by atoms with Gasteiger partial charge >= 0.3 is 5.97 Å². The van der Waals surface area contributed by atoms with Gasteiger partial charge in [-0.1, -0.05) is 25.1 Å². The Hall–Kier alpha value is -3.03. The van der Waals surface area contributed by atoms with E-state index in [4.69, 9.17) is 26.0 Å². The van der Waals surface area contributed by atoms with Crippen LogP contribution in [-0.4, -0.2) is 34.3 Å². The first-order valence-corrected chi connectivity index (χ1v) is 8.98. The fourth-order valence-corrected chi connectivity index (χ4v) is 2.63. The van der Waals surface area contributed by atoms with Crippen molar-refractivity contribution < 1.29 is 19.4 Å². The highest BCUT2D eigenvalue weighted by molar-refractivity contribution is 5.66. The summed E-state index contributed by atoms with van der Waals surface area (Å²) in [5.74, 6) is 0.833. The van der Waals surface area contributed by atoms with Crippen LogP contribution < -0.4 is 20.9 Å². The van der Waals surface area contributed by atoms with Crippen LogP contribution in [0.1, 0.15) is 37.4 Å². The number of rotatable bonds is 11. The minimum atomic E-state index is -0.789. The molecule has 1 heterocycles. The number of para-hydroxylation sites is 1. The first kappa shape index (κ1) is 20.3. The lowest BCUT2D eigenvalue weighted by Crippen LogP contribution is -2.11. The largest absolute Gasteiger partial charge is 0.493 e. The molecule has 0 aliphatic rings. The topological polar surface area (TPSA) is 134 Å². The molecule has 0 unspecified atom stereocenters. The van der Waals surface area contributed by atoms with Gasteiger partial charge in [0, 0.05) is 12.8 Å². The summed E-state index contributed by atoms with van der Waals surface area (Å²) in [6.07, 6.45) is 2.68. The summed E-state index contributed by atoms with van der Waals surface area (Å²) in [5.41, 5.74) is 13.2. The van der Waals surface area contributed by atoms with E-state index in [0.29, 0.717) is 50.3 Å². The maximum atomic E-state index is 10.7. The van der Waals surface area contributed by atoms with Crippen LogP contribution in [0.25, 0.3) is 0 Å². The number of hydrogen-bond donors (Lipinski definition) is 3. The summed E-state index contributed by atoms with van der Waals surface area (Å²) in [7, 11) is 0. The Morgan fingerprint density at radius 1 is 1.11 bits per heavy atom. The van der Waals surface area contributed by atoms with E-state index >= 15 is 0 Å². The second-order valence-corrected chi connectivity index (χ2v) is 6.00. The van der Waals surface area contributed by atoms with Crippen molar-refractivity contribution in [3.63, 3.8) is 0 Å². The number of nitrogens with zero attached hydrogens (tertiary/aromatic N) is 2. The quantitative estimate of drug-likeness (QED) is 0.511. The van der Waals surface area contributed by atoms with Crippen molar-refractivity contribution in [3.8, 4) is 11.5 Å². The van der Waals surface area contributed by atoms with Gasteiger partial charge in [-0.2, -0.15) is 4.98 Å². The van der Waals surface area contributed by atoms with Crippen molar-refractivity contribution >= 4 is 17.7 Å². The van der Waals surface area contributed by atoms with E-state index in [1.165, 1.54) is 0 Å².